The van der Waals surface area contributed by atoms with Crippen molar-refractivity contribution in [1.82, 2.24) is 4.90 Å². The quantitative estimate of drug-likeness (QED) is 0.539. The van der Waals surface area contributed by atoms with E-state index >= 15 is 0 Å². The molecule has 4 atom stereocenters. The molecule has 34 heavy (non-hydrogen) atoms. The van der Waals surface area contributed by atoms with E-state index in [-0.39, 0.29) is 12.5 Å². The van der Waals surface area contributed by atoms with Crippen LogP contribution < -0.4 is 0 Å². The summed E-state index contributed by atoms with van der Waals surface area (Å²) < 4.78 is 11.9. The number of hydrogen-bond acceptors (Lipinski definition) is 6. The highest BCUT2D eigenvalue weighted by Gasteiger charge is 2.46. The van der Waals surface area contributed by atoms with Crippen molar-refractivity contribution in [2.45, 2.75) is 31.7 Å². The fourth-order valence-electron chi connectivity index (χ4n) is 4.44. The van der Waals surface area contributed by atoms with Gasteiger partial charge in [0.05, 0.1) is 23.8 Å². The maximum absolute atomic E-state index is 13.0. The van der Waals surface area contributed by atoms with Gasteiger partial charge in [0.2, 0.25) is 0 Å². The van der Waals surface area contributed by atoms with Crippen molar-refractivity contribution in [3.8, 4) is 0 Å². The summed E-state index contributed by atoms with van der Waals surface area (Å²) in [5, 5.41) is 10.4. The molecule has 1 aliphatic heterocycles. The van der Waals surface area contributed by atoms with Gasteiger partial charge in [-0.05, 0) is 29.8 Å². The van der Waals surface area contributed by atoms with E-state index in [1.807, 2.05) is 49.4 Å². The number of esters is 2. The Kier molecular flexibility index (Phi) is 7.72. The molecule has 0 amide bonds. The van der Waals surface area contributed by atoms with Crippen LogP contribution in [0.3, 0.4) is 0 Å². The maximum atomic E-state index is 13.0. The zero-order chi connectivity index (χ0) is 23.9. The predicted octanol–water partition coefficient (Wildman–Crippen LogP) is 3.95. The third-order valence-electron chi connectivity index (χ3n) is 6.18. The molecule has 176 valence electrons. The highest BCUT2D eigenvalue weighted by Crippen LogP contribution is 2.30. The molecule has 0 bridgehead atoms. The van der Waals surface area contributed by atoms with E-state index in [9.17, 15) is 14.7 Å². The lowest BCUT2D eigenvalue weighted by atomic mass is 9.87. The Hall–Kier alpha value is -3.48. The van der Waals surface area contributed by atoms with Crippen LogP contribution in [0, 0.1) is 5.92 Å². The molecule has 1 heterocycles. The van der Waals surface area contributed by atoms with Crippen LogP contribution in [0.4, 0.5) is 0 Å². The third kappa shape index (κ3) is 5.53. The number of carbonyl (C=O) groups excluding carboxylic acids is 2. The Morgan fingerprint density at radius 2 is 1.26 bits per heavy atom. The third-order valence-corrected chi connectivity index (χ3v) is 6.18. The van der Waals surface area contributed by atoms with E-state index in [2.05, 4.69) is 4.90 Å². The number of ether oxygens (including phenoxy) is 2. The van der Waals surface area contributed by atoms with Crippen molar-refractivity contribution in [3.63, 3.8) is 0 Å². The van der Waals surface area contributed by atoms with Crippen molar-refractivity contribution >= 4 is 11.9 Å². The van der Waals surface area contributed by atoms with Gasteiger partial charge in [0, 0.05) is 19.0 Å². The number of piperidine rings is 1. The van der Waals surface area contributed by atoms with E-state index in [4.69, 9.17) is 9.47 Å². The SMILES string of the molecule is C[C@H]1CN(Cc2ccccc2)[C@H](CO)[C@@H](OC(=O)c2ccccc2)[C@@H]1OC(=O)c1ccccc1. The molecule has 0 aromatic heterocycles. The molecule has 0 spiro atoms. The lowest BCUT2D eigenvalue weighted by Gasteiger charge is -2.46. The molecule has 1 fully saturated rings. The Labute approximate surface area is 199 Å². The summed E-state index contributed by atoms with van der Waals surface area (Å²) in [5.41, 5.74) is 1.91. The minimum Gasteiger partial charge on any atom is -0.454 e. The van der Waals surface area contributed by atoms with Gasteiger partial charge in [-0.3, -0.25) is 4.90 Å². The minimum atomic E-state index is -0.835. The fraction of sp³-hybridized carbons (Fsp3) is 0.286. The van der Waals surface area contributed by atoms with Gasteiger partial charge in [-0.25, -0.2) is 9.59 Å². The van der Waals surface area contributed by atoms with E-state index in [0.717, 1.165) is 5.56 Å². The van der Waals surface area contributed by atoms with Crippen molar-refractivity contribution in [2.75, 3.05) is 13.2 Å². The average molecular weight is 460 g/mol. The summed E-state index contributed by atoms with van der Waals surface area (Å²) in [6.07, 6.45) is -1.54. The molecule has 0 saturated carbocycles. The zero-order valence-corrected chi connectivity index (χ0v) is 19.1. The second-order valence-corrected chi connectivity index (χ2v) is 8.61. The first-order chi connectivity index (χ1) is 16.6. The molecule has 1 saturated heterocycles. The first-order valence-corrected chi connectivity index (χ1v) is 11.5. The smallest absolute Gasteiger partial charge is 0.338 e. The predicted molar refractivity (Wildman–Crippen MR) is 128 cm³/mol. The number of rotatable bonds is 7. The number of benzene rings is 3. The summed E-state index contributed by atoms with van der Waals surface area (Å²) >= 11 is 0. The normalized spacial score (nSPS) is 22.6. The zero-order valence-electron chi connectivity index (χ0n) is 19.1. The molecule has 3 aromatic carbocycles. The molecule has 1 aliphatic rings. The first kappa shape index (κ1) is 23.7. The number of aliphatic hydroxyl groups excluding tert-OH is 1. The Balaban J connectivity index is 1.61. The minimum absolute atomic E-state index is 0.132. The molecule has 6 nitrogen and oxygen atoms in total. The molecule has 1 N–H and O–H groups in total. The van der Waals surface area contributed by atoms with Crippen molar-refractivity contribution in [1.29, 1.82) is 0 Å². The number of aliphatic hydroxyl groups is 1. The molecule has 3 aromatic rings. The molecular weight excluding hydrogens is 430 g/mol. The topological polar surface area (TPSA) is 76.1 Å². The lowest BCUT2D eigenvalue weighted by Crippen LogP contribution is -2.61. The number of likely N-dealkylation sites (tertiary alicyclic amines) is 1. The van der Waals surface area contributed by atoms with Crippen molar-refractivity contribution in [3.05, 3.63) is 108 Å². The van der Waals surface area contributed by atoms with Crippen LogP contribution in [-0.2, 0) is 16.0 Å². The number of hydrogen-bond donors (Lipinski definition) is 1. The Morgan fingerprint density at radius 1 is 0.794 bits per heavy atom. The summed E-state index contributed by atoms with van der Waals surface area (Å²) in [7, 11) is 0. The van der Waals surface area contributed by atoms with Crippen LogP contribution in [0.15, 0.2) is 91.0 Å². The Morgan fingerprint density at radius 3 is 1.76 bits per heavy atom. The van der Waals surface area contributed by atoms with Crippen LogP contribution >= 0.6 is 0 Å². The molecule has 4 rings (SSSR count). The fourth-order valence-corrected chi connectivity index (χ4v) is 4.44. The van der Waals surface area contributed by atoms with Crippen LogP contribution in [-0.4, -0.2) is 53.3 Å². The van der Waals surface area contributed by atoms with Crippen LogP contribution in [0.25, 0.3) is 0 Å². The largest absolute Gasteiger partial charge is 0.454 e. The van der Waals surface area contributed by atoms with Crippen LogP contribution in [0.5, 0.6) is 0 Å². The second kappa shape index (κ2) is 11.1. The van der Waals surface area contributed by atoms with E-state index in [1.54, 1.807) is 48.5 Å². The monoisotopic (exact) mass is 459 g/mol. The molecule has 0 radical (unpaired) electrons. The lowest BCUT2D eigenvalue weighted by molar-refractivity contribution is -0.127. The van der Waals surface area contributed by atoms with Crippen molar-refractivity contribution < 1.29 is 24.2 Å². The Bertz CT molecular complexity index is 1070. The first-order valence-electron chi connectivity index (χ1n) is 11.5. The van der Waals surface area contributed by atoms with E-state index in [1.165, 1.54) is 0 Å². The van der Waals surface area contributed by atoms with Gasteiger partial charge in [0.1, 0.15) is 6.10 Å². The highest BCUT2D eigenvalue weighted by atomic mass is 16.6. The van der Waals surface area contributed by atoms with Gasteiger partial charge in [-0.15, -0.1) is 0 Å². The van der Waals surface area contributed by atoms with E-state index < -0.39 is 30.2 Å². The summed E-state index contributed by atoms with van der Waals surface area (Å²) in [5.74, 6) is -1.13. The summed E-state index contributed by atoms with van der Waals surface area (Å²) in [6, 6.07) is 26.8. The molecule has 0 unspecified atom stereocenters. The number of nitrogens with zero attached hydrogens (tertiary/aromatic N) is 1. The maximum Gasteiger partial charge on any atom is 0.338 e. The van der Waals surface area contributed by atoms with Gasteiger partial charge in [0.15, 0.2) is 6.10 Å². The van der Waals surface area contributed by atoms with Gasteiger partial charge < -0.3 is 14.6 Å². The van der Waals surface area contributed by atoms with Crippen LogP contribution in [0.1, 0.15) is 33.2 Å². The van der Waals surface area contributed by atoms with Gasteiger partial charge in [-0.1, -0.05) is 73.7 Å². The van der Waals surface area contributed by atoms with Crippen molar-refractivity contribution in [2.24, 2.45) is 5.92 Å². The van der Waals surface area contributed by atoms with E-state index in [0.29, 0.717) is 24.2 Å². The molecule has 0 aliphatic carbocycles. The van der Waals surface area contributed by atoms with Gasteiger partial charge >= 0.3 is 11.9 Å². The van der Waals surface area contributed by atoms with Crippen LogP contribution in [0.2, 0.25) is 0 Å². The number of carbonyl (C=O) groups is 2. The standard InChI is InChI=1S/C28H29NO5/c1-20-17-29(18-21-11-5-2-6-12-21)24(19-30)26(34-28(32)23-15-9-4-10-16-23)25(20)33-27(31)22-13-7-3-8-14-22/h2-16,20,24-26,30H,17-19H2,1H3/t20-,24+,25+,26+/m0/s1. The highest BCUT2D eigenvalue weighted by molar-refractivity contribution is 5.90. The molecule has 6 heteroatoms. The summed E-state index contributed by atoms with van der Waals surface area (Å²) in [6.45, 7) is 2.88. The average Bonchev–Trinajstić information content (AvgIpc) is 2.88. The van der Waals surface area contributed by atoms with Gasteiger partial charge in [0.25, 0.3) is 0 Å². The second-order valence-electron chi connectivity index (χ2n) is 8.61. The summed E-state index contributed by atoms with van der Waals surface area (Å²) in [4.78, 5) is 28.0. The van der Waals surface area contributed by atoms with Gasteiger partial charge in [-0.2, -0.15) is 0 Å². The molecular formula is C28H29NO5.